The zero-order valence-electron chi connectivity index (χ0n) is 17.9. The van der Waals surface area contributed by atoms with E-state index in [1.165, 1.54) is 4.90 Å². The van der Waals surface area contributed by atoms with E-state index in [0.717, 1.165) is 21.7 Å². The van der Waals surface area contributed by atoms with E-state index in [1.54, 1.807) is 25.1 Å². The van der Waals surface area contributed by atoms with Gasteiger partial charge in [-0.25, -0.2) is 8.42 Å². The van der Waals surface area contributed by atoms with Gasteiger partial charge in [0.05, 0.1) is 12.8 Å². The van der Waals surface area contributed by atoms with Crippen LogP contribution in [0, 0.1) is 0 Å². The molecule has 8 heteroatoms. The molecular formula is C23H29N3O4S. The third kappa shape index (κ3) is 7.66. The maximum Gasteiger partial charge on any atom is 0.242 e. The lowest BCUT2D eigenvalue weighted by Crippen LogP contribution is -2.51. The molecule has 0 unspecified atom stereocenters. The number of carbonyl (C=O) groups excluding carboxylic acids is 2. The van der Waals surface area contributed by atoms with Gasteiger partial charge in [-0.2, -0.15) is 4.31 Å². The van der Waals surface area contributed by atoms with Crippen LogP contribution in [0.15, 0.2) is 73.3 Å². The number of amides is 2. The molecule has 0 radical (unpaired) electrons. The van der Waals surface area contributed by atoms with Gasteiger partial charge in [-0.3, -0.25) is 9.59 Å². The number of hydrogen-bond donors (Lipinski definition) is 1. The normalized spacial score (nSPS) is 12.2. The van der Waals surface area contributed by atoms with E-state index < -0.39 is 22.0 Å². The van der Waals surface area contributed by atoms with Crippen molar-refractivity contribution in [3.63, 3.8) is 0 Å². The summed E-state index contributed by atoms with van der Waals surface area (Å²) in [4.78, 5) is 27.2. The molecule has 166 valence electrons. The maximum absolute atomic E-state index is 13.2. The highest BCUT2D eigenvalue weighted by atomic mass is 32.2. The highest BCUT2D eigenvalue weighted by molar-refractivity contribution is 7.88. The van der Waals surface area contributed by atoms with Crippen molar-refractivity contribution in [1.82, 2.24) is 14.5 Å². The van der Waals surface area contributed by atoms with Crippen molar-refractivity contribution in [2.24, 2.45) is 0 Å². The summed E-state index contributed by atoms with van der Waals surface area (Å²) in [5.74, 6) is -0.787. The minimum Gasteiger partial charge on any atom is -0.351 e. The molecule has 2 rings (SSSR count). The summed E-state index contributed by atoms with van der Waals surface area (Å²) in [6, 6.07) is 17.5. The smallest absolute Gasteiger partial charge is 0.242 e. The van der Waals surface area contributed by atoms with Crippen LogP contribution in [0.3, 0.4) is 0 Å². The van der Waals surface area contributed by atoms with Crippen LogP contribution in [0.1, 0.15) is 18.1 Å². The molecular weight excluding hydrogens is 414 g/mol. The fraction of sp³-hybridized carbons (Fsp3) is 0.304. The Morgan fingerprint density at radius 1 is 1.00 bits per heavy atom. The average Bonchev–Trinajstić information content (AvgIpc) is 2.75. The monoisotopic (exact) mass is 443 g/mol. The lowest BCUT2D eigenvalue weighted by molar-refractivity contribution is -0.140. The van der Waals surface area contributed by atoms with E-state index in [-0.39, 0.29) is 32.1 Å². The second-order valence-electron chi connectivity index (χ2n) is 7.23. The van der Waals surface area contributed by atoms with Crippen molar-refractivity contribution in [3.05, 3.63) is 84.4 Å². The molecule has 0 saturated carbocycles. The highest BCUT2D eigenvalue weighted by Gasteiger charge is 2.29. The predicted octanol–water partition coefficient (Wildman–Crippen LogP) is 2.17. The van der Waals surface area contributed by atoms with Crippen molar-refractivity contribution >= 4 is 21.8 Å². The second-order valence-corrected chi connectivity index (χ2v) is 9.22. The molecule has 2 amide bonds. The van der Waals surface area contributed by atoms with Crippen LogP contribution in [0.2, 0.25) is 0 Å². The first-order chi connectivity index (χ1) is 14.7. The number of nitrogens with one attached hydrogen (secondary N) is 1. The number of hydrogen-bond acceptors (Lipinski definition) is 4. The summed E-state index contributed by atoms with van der Waals surface area (Å²) in [5.41, 5.74) is 1.61. The summed E-state index contributed by atoms with van der Waals surface area (Å²) in [7, 11) is -3.65. The molecule has 0 fully saturated rings. The summed E-state index contributed by atoms with van der Waals surface area (Å²) in [6.45, 7) is 5.38. The first kappa shape index (κ1) is 24.3. The van der Waals surface area contributed by atoms with Gasteiger partial charge in [0.15, 0.2) is 0 Å². The van der Waals surface area contributed by atoms with Crippen molar-refractivity contribution in [2.75, 3.05) is 19.3 Å². The minimum atomic E-state index is -3.65. The standard InChI is InChI=1S/C23H29N3O4S/c1-4-15-24-23(28)19(2)26(17-21-13-9-6-10-14-21)22(27)18-25(31(3,29)30)16-20-11-7-5-8-12-20/h4-14,19H,1,15-18H2,2-3H3,(H,24,28)/t19-/m1/s1. The Labute approximate surface area is 184 Å². The fourth-order valence-electron chi connectivity index (χ4n) is 3.00. The fourth-order valence-corrected chi connectivity index (χ4v) is 3.73. The van der Waals surface area contributed by atoms with Crippen LogP contribution in [-0.4, -0.2) is 54.8 Å². The molecule has 2 aromatic carbocycles. The second kappa shape index (κ2) is 11.4. The summed E-state index contributed by atoms with van der Waals surface area (Å²) in [6.07, 6.45) is 2.63. The molecule has 0 saturated heterocycles. The van der Waals surface area contributed by atoms with Crippen LogP contribution in [0.5, 0.6) is 0 Å². The molecule has 0 aliphatic carbocycles. The third-order valence-corrected chi connectivity index (χ3v) is 5.96. The molecule has 0 bridgehead atoms. The zero-order chi connectivity index (χ0) is 22.9. The van der Waals surface area contributed by atoms with Crippen LogP contribution >= 0.6 is 0 Å². The van der Waals surface area contributed by atoms with E-state index in [1.807, 2.05) is 48.5 Å². The Morgan fingerprint density at radius 2 is 1.52 bits per heavy atom. The van der Waals surface area contributed by atoms with Crippen LogP contribution in [0.25, 0.3) is 0 Å². The first-order valence-corrected chi connectivity index (χ1v) is 11.8. The maximum atomic E-state index is 13.2. The molecule has 2 aromatic rings. The van der Waals surface area contributed by atoms with E-state index in [0.29, 0.717) is 0 Å². The van der Waals surface area contributed by atoms with Gasteiger partial charge in [0.25, 0.3) is 0 Å². The number of nitrogens with zero attached hydrogens (tertiary/aromatic N) is 2. The molecule has 7 nitrogen and oxygen atoms in total. The number of benzene rings is 2. The molecule has 0 heterocycles. The van der Waals surface area contributed by atoms with Crippen LogP contribution in [0.4, 0.5) is 0 Å². The van der Waals surface area contributed by atoms with Gasteiger partial charge in [-0.1, -0.05) is 66.7 Å². The van der Waals surface area contributed by atoms with Gasteiger partial charge in [0, 0.05) is 19.6 Å². The zero-order valence-corrected chi connectivity index (χ0v) is 18.7. The summed E-state index contributed by atoms with van der Waals surface area (Å²) >= 11 is 0. The number of rotatable bonds is 11. The lowest BCUT2D eigenvalue weighted by Gasteiger charge is -2.30. The largest absolute Gasteiger partial charge is 0.351 e. The van der Waals surface area contributed by atoms with E-state index >= 15 is 0 Å². The Kier molecular flexibility index (Phi) is 8.96. The van der Waals surface area contributed by atoms with Gasteiger partial charge in [0.2, 0.25) is 21.8 Å². The predicted molar refractivity (Wildman–Crippen MR) is 121 cm³/mol. The Bertz CT molecular complexity index is 978. The Hall–Kier alpha value is -2.97. The molecule has 31 heavy (non-hydrogen) atoms. The van der Waals surface area contributed by atoms with Crippen molar-refractivity contribution in [1.29, 1.82) is 0 Å². The summed E-state index contributed by atoms with van der Waals surface area (Å²) < 4.78 is 25.8. The van der Waals surface area contributed by atoms with E-state index in [4.69, 9.17) is 0 Å². The van der Waals surface area contributed by atoms with Gasteiger partial charge < -0.3 is 10.2 Å². The van der Waals surface area contributed by atoms with Crippen LogP contribution in [-0.2, 0) is 32.7 Å². The Balaban J connectivity index is 2.26. The van der Waals surface area contributed by atoms with Gasteiger partial charge >= 0.3 is 0 Å². The van der Waals surface area contributed by atoms with Gasteiger partial charge in [-0.15, -0.1) is 6.58 Å². The van der Waals surface area contributed by atoms with E-state index in [9.17, 15) is 18.0 Å². The third-order valence-electron chi connectivity index (χ3n) is 4.77. The van der Waals surface area contributed by atoms with Gasteiger partial charge in [-0.05, 0) is 18.1 Å². The summed E-state index contributed by atoms with van der Waals surface area (Å²) in [5, 5.41) is 2.69. The van der Waals surface area contributed by atoms with Gasteiger partial charge in [0.1, 0.15) is 6.04 Å². The SMILES string of the molecule is C=CCNC(=O)[C@@H](C)N(Cc1ccccc1)C(=O)CN(Cc1ccccc1)S(C)(=O)=O. The number of sulfonamides is 1. The molecule has 1 N–H and O–H groups in total. The molecule has 1 atom stereocenters. The minimum absolute atomic E-state index is 0.0711. The lowest BCUT2D eigenvalue weighted by atomic mass is 10.1. The first-order valence-electron chi connectivity index (χ1n) is 9.93. The highest BCUT2D eigenvalue weighted by Crippen LogP contribution is 2.13. The molecule has 0 aliphatic heterocycles. The molecule has 0 spiro atoms. The molecule has 0 aromatic heterocycles. The van der Waals surface area contributed by atoms with Crippen molar-refractivity contribution in [3.8, 4) is 0 Å². The quantitative estimate of drug-likeness (QED) is 0.539. The average molecular weight is 444 g/mol. The van der Waals surface area contributed by atoms with Crippen molar-refractivity contribution < 1.29 is 18.0 Å². The van der Waals surface area contributed by atoms with Crippen molar-refractivity contribution in [2.45, 2.75) is 26.1 Å². The Morgan fingerprint density at radius 3 is 2.00 bits per heavy atom. The topological polar surface area (TPSA) is 86.8 Å². The van der Waals surface area contributed by atoms with E-state index in [2.05, 4.69) is 11.9 Å². The number of carbonyl (C=O) groups is 2. The van der Waals surface area contributed by atoms with Crippen LogP contribution < -0.4 is 5.32 Å². The molecule has 0 aliphatic rings.